The van der Waals surface area contributed by atoms with Crippen LogP contribution in [-0.4, -0.2) is 8.42 Å². The van der Waals surface area contributed by atoms with Gasteiger partial charge in [0.2, 0.25) is 10.0 Å². The Balaban J connectivity index is 2.27. The van der Waals surface area contributed by atoms with E-state index in [9.17, 15) is 8.42 Å². The molecule has 112 valence electrons. The molecule has 0 aliphatic carbocycles. The molecule has 1 unspecified atom stereocenters. The van der Waals surface area contributed by atoms with Crippen LogP contribution < -0.4 is 10.5 Å². The van der Waals surface area contributed by atoms with E-state index in [1.54, 1.807) is 6.07 Å². The second-order valence-corrected chi connectivity index (χ2v) is 7.12. The summed E-state index contributed by atoms with van der Waals surface area (Å²) in [4.78, 5) is 0.0904. The van der Waals surface area contributed by atoms with Gasteiger partial charge in [-0.15, -0.1) is 0 Å². The number of rotatable bonds is 5. The highest BCUT2D eigenvalue weighted by molar-refractivity contribution is 9.10. The van der Waals surface area contributed by atoms with Crippen molar-refractivity contribution in [2.45, 2.75) is 24.3 Å². The third-order valence-electron chi connectivity index (χ3n) is 3.21. The Morgan fingerprint density at radius 2 is 1.86 bits per heavy atom. The molecule has 0 radical (unpaired) electrons. The molecule has 1 atom stereocenters. The number of nitrogens with one attached hydrogen (secondary N) is 1. The van der Waals surface area contributed by atoms with Gasteiger partial charge in [0.1, 0.15) is 0 Å². The molecule has 2 aromatic rings. The first-order chi connectivity index (χ1) is 9.91. The molecule has 0 amide bonds. The first kappa shape index (κ1) is 16.0. The Morgan fingerprint density at radius 3 is 2.38 bits per heavy atom. The second-order valence-electron chi connectivity index (χ2n) is 4.70. The number of primary sulfonamides is 1. The summed E-state index contributed by atoms with van der Waals surface area (Å²) in [6, 6.07) is 15.0. The molecule has 4 nitrogen and oxygen atoms in total. The first-order valence-electron chi connectivity index (χ1n) is 6.55. The zero-order valence-electron chi connectivity index (χ0n) is 11.6. The van der Waals surface area contributed by atoms with Gasteiger partial charge < -0.3 is 5.32 Å². The van der Waals surface area contributed by atoms with E-state index in [1.807, 2.05) is 18.2 Å². The molecule has 0 aliphatic rings. The van der Waals surface area contributed by atoms with E-state index in [-0.39, 0.29) is 10.9 Å². The first-order valence-corrected chi connectivity index (χ1v) is 8.89. The molecular formula is C15H17BrN2O2S. The number of anilines is 1. The Kier molecular flexibility index (Phi) is 5.03. The lowest BCUT2D eigenvalue weighted by Crippen LogP contribution is -2.13. The Morgan fingerprint density at radius 1 is 1.19 bits per heavy atom. The van der Waals surface area contributed by atoms with Gasteiger partial charge in [-0.1, -0.05) is 37.3 Å². The smallest absolute Gasteiger partial charge is 0.238 e. The topological polar surface area (TPSA) is 72.2 Å². The van der Waals surface area contributed by atoms with Crippen molar-refractivity contribution in [2.75, 3.05) is 5.32 Å². The molecule has 0 aliphatic heterocycles. The predicted molar refractivity (Wildman–Crippen MR) is 88.6 cm³/mol. The van der Waals surface area contributed by atoms with Crippen molar-refractivity contribution in [1.29, 1.82) is 0 Å². The van der Waals surface area contributed by atoms with Gasteiger partial charge in [0, 0.05) is 10.2 Å². The SMILES string of the molecule is CCC(Nc1ccc(S(N)(=O)=O)cc1Br)c1ccccc1. The normalized spacial score (nSPS) is 12.9. The molecule has 0 fully saturated rings. The van der Waals surface area contributed by atoms with Crippen LogP contribution in [0.15, 0.2) is 57.9 Å². The summed E-state index contributed by atoms with van der Waals surface area (Å²) in [7, 11) is -3.69. The minimum absolute atomic E-state index is 0.0904. The van der Waals surface area contributed by atoms with Crippen molar-refractivity contribution in [3.05, 3.63) is 58.6 Å². The van der Waals surface area contributed by atoms with Crippen molar-refractivity contribution in [3.8, 4) is 0 Å². The summed E-state index contributed by atoms with van der Waals surface area (Å²) < 4.78 is 23.3. The highest BCUT2D eigenvalue weighted by Gasteiger charge is 2.13. The fourth-order valence-corrected chi connectivity index (χ4v) is 3.27. The predicted octanol–water partition coefficient (Wildman–Crippen LogP) is 3.66. The summed E-state index contributed by atoms with van der Waals surface area (Å²) in [5.74, 6) is 0. The standard InChI is InChI=1S/C15H17BrN2O2S/c1-2-14(11-6-4-3-5-7-11)18-15-9-8-12(10-13(15)16)21(17,19)20/h3-10,14,18H,2H2,1H3,(H2,17,19,20). The molecule has 3 N–H and O–H groups in total. The second kappa shape index (κ2) is 6.60. The van der Waals surface area contributed by atoms with E-state index in [1.165, 1.54) is 17.7 Å². The molecule has 6 heteroatoms. The maximum atomic E-state index is 11.3. The number of sulfonamides is 1. The summed E-state index contributed by atoms with van der Waals surface area (Å²) in [6.07, 6.45) is 0.910. The van der Waals surface area contributed by atoms with E-state index in [4.69, 9.17) is 5.14 Å². The van der Waals surface area contributed by atoms with Gasteiger partial charge in [-0.2, -0.15) is 0 Å². The number of nitrogens with two attached hydrogens (primary N) is 1. The van der Waals surface area contributed by atoms with Gasteiger partial charge in [-0.05, 0) is 46.1 Å². The lowest BCUT2D eigenvalue weighted by molar-refractivity contribution is 0.598. The third kappa shape index (κ3) is 4.06. The minimum Gasteiger partial charge on any atom is -0.377 e. The minimum atomic E-state index is -3.69. The molecule has 2 aromatic carbocycles. The number of hydrogen-bond donors (Lipinski definition) is 2. The average molecular weight is 369 g/mol. The maximum Gasteiger partial charge on any atom is 0.238 e. The Labute approximate surface area is 133 Å². The van der Waals surface area contributed by atoms with Crippen LogP contribution in [0.25, 0.3) is 0 Å². The van der Waals surface area contributed by atoms with Gasteiger partial charge >= 0.3 is 0 Å². The third-order valence-corrected chi connectivity index (χ3v) is 4.78. The maximum absolute atomic E-state index is 11.3. The molecule has 0 bridgehead atoms. The molecule has 21 heavy (non-hydrogen) atoms. The fraction of sp³-hybridized carbons (Fsp3) is 0.200. The van der Waals surface area contributed by atoms with Gasteiger partial charge in [0.05, 0.1) is 10.9 Å². The molecule has 0 saturated carbocycles. The molecule has 0 heterocycles. The van der Waals surface area contributed by atoms with Crippen molar-refractivity contribution in [3.63, 3.8) is 0 Å². The van der Waals surface area contributed by atoms with E-state index >= 15 is 0 Å². The van der Waals surface area contributed by atoms with Crippen LogP contribution in [0.3, 0.4) is 0 Å². The van der Waals surface area contributed by atoms with Crippen LogP contribution in [0.2, 0.25) is 0 Å². The lowest BCUT2D eigenvalue weighted by Gasteiger charge is -2.20. The zero-order chi connectivity index (χ0) is 15.5. The van der Waals surface area contributed by atoms with Crippen molar-refractivity contribution < 1.29 is 8.42 Å². The largest absolute Gasteiger partial charge is 0.377 e. The van der Waals surface area contributed by atoms with Crippen LogP contribution in [0.5, 0.6) is 0 Å². The van der Waals surface area contributed by atoms with Crippen molar-refractivity contribution in [1.82, 2.24) is 0 Å². The van der Waals surface area contributed by atoms with E-state index in [0.717, 1.165) is 12.1 Å². The Hall–Kier alpha value is -1.37. The number of hydrogen-bond acceptors (Lipinski definition) is 3. The van der Waals surface area contributed by atoms with E-state index < -0.39 is 10.0 Å². The summed E-state index contributed by atoms with van der Waals surface area (Å²) in [6.45, 7) is 2.09. The molecule has 2 rings (SSSR count). The summed E-state index contributed by atoms with van der Waals surface area (Å²) in [5.41, 5.74) is 2.01. The van der Waals surface area contributed by atoms with Crippen molar-refractivity contribution in [2.24, 2.45) is 5.14 Å². The van der Waals surface area contributed by atoms with Crippen LogP contribution in [0.1, 0.15) is 24.9 Å². The average Bonchev–Trinajstić information content (AvgIpc) is 2.46. The van der Waals surface area contributed by atoms with Crippen LogP contribution in [0.4, 0.5) is 5.69 Å². The van der Waals surface area contributed by atoms with Gasteiger partial charge in [-0.25, -0.2) is 13.6 Å². The quantitative estimate of drug-likeness (QED) is 0.845. The molecular weight excluding hydrogens is 352 g/mol. The molecule has 0 aromatic heterocycles. The summed E-state index contributed by atoms with van der Waals surface area (Å²) in [5, 5.41) is 8.53. The van der Waals surface area contributed by atoms with E-state index in [2.05, 4.69) is 40.3 Å². The van der Waals surface area contributed by atoms with E-state index in [0.29, 0.717) is 4.47 Å². The Bertz CT molecular complexity index is 718. The highest BCUT2D eigenvalue weighted by atomic mass is 79.9. The van der Waals surface area contributed by atoms with Crippen LogP contribution in [0, 0.1) is 0 Å². The summed E-state index contributed by atoms with van der Waals surface area (Å²) >= 11 is 3.39. The molecule has 0 saturated heterocycles. The fourth-order valence-electron chi connectivity index (χ4n) is 2.08. The van der Waals surface area contributed by atoms with Crippen LogP contribution in [-0.2, 0) is 10.0 Å². The van der Waals surface area contributed by atoms with Crippen molar-refractivity contribution >= 4 is 31.6 Å². The van der Waals surface area contributed by atoms with Gasteiger partial charge in [-0.3, -0.25) is 0 Å². The van der Waals surface area contributed by atoms with Gasteiger partial charge in [0.15, 0.2) is 0 Å². The van der Waals surface area contributed by atoms with Crippen LogP contribution >= 0.6 is 15.9 Å². The number of benzene rings is 2. The zero-order valence-corrected chi connectivity index (χ0v) is 14.0. The lowest BCUT2D eigenvalue weighted by atomic mass is 10.0. The number of halogens is 1. The van der Waals surface area contributed by atoms with Gasteiger partial charge in [0.25, 0.3) is 0 Å². The highest BCUT2D eigenvalue weighted by Crippen LogP contribution is 2.30. The monoisotopic (exact) mass is 368 g/mol. The molecule has 0 spiro atoms.